The third-order valence-electron chi connectivity index (χ3n) is 2.73. The molecule has 0 amide bonds. The molecule has 0 atom stereocenters. The van der Waals surface area contributed by atoms with E-state index in [0.717, 1.165) is 6.42 Å². The van der Waals surface area contributed by atoms with Gasteiger partial charge in [-0.15, -0.1) is 24.0 Å². The predicted molar refractivity (Wildman–Crippen MR) is 94.5 cm³/mol. The Labute approximate surface area is 142 Å². The van der Waals surface area contributed by atoms with Gasteiger partial charge in [0.1, 0.15) is 5.82 Å². The minimum Gasteiger partial charge on any atom is -0.370 e. The molecule has 3 N–H and O–H groups in total. The van der Waals surface area contributed by atoms with Crippen LogP contribution in [0.1, 0.15) is 25.8 Å². The van der Waals surface area contributed by atoms with E-state index in [0.29, 0.717) is 42.0 Å². The maximum absolute atomic E-state index is 13.5. The molecule has 0 fully saturated rings. The van der Waals surface area contributed by atoms with Crippen molar-refractivity contribution in [1.29, 1.82) is 0 Å². The average Bonchev–Trinajstić information content (AvgIpc) is 2.32. The topological polar surface area (TPSA) is 50.4 Å². The third kappa shape index (κ3) is 7.28. The second-order valence-corrected chi connectivity index (χ2v) is 5.23. The maximum atomic E-state index is 13.5. The van der Waals surface area contributed by atoms with Gasteiger partial charge in [0, 0.05) is 23.7 Å². The van der Waals surface area contributed by atoms with Crippen molar-refractivity contribution in [1.82, 2.24) is 5.32 Å². The molecule has 20 heavy (non-hydrogen) atoms. The number of nitrogens with two attached hydrogens (primary N) is 1. The van der Waals surface area contributed by atoms with Crippen LogP contribution >= 0.6 is 35.6 Å². The van der Waals surface area contributed by atoms with Gasteiger partial charge in [-0.1, -0.05) is 31.5 Å². The van der Waals surface area contributed by atoms with Crippen molar-refractivity contribution in [2.75, 3.05) is 13.1 Å². The molecule has 1 rings (SSSR count). The number of halogens is 3. The molecule has 0 aliphatic carbocycles. The van der Waals surface area contributed by atoms with Crippen molar-refractivity contribution in [2.45, 2.75) is 26.7 Å². The zero-order chi connectivity index (χ0) is 14.3. The first-order valence-corrected chi connectivity index (χ1v) is 6.85. The predicted octanol–water partition coefficient (Wildman–Crippen LogP) is 3.59. The molecule has 1 aromatic carbocycles. The van der Waals surface area contributed by atoms with Crippen LogP contribution in [0.25, 0.3) is 0 Å². The summed E-state index contributed by atoms with van der Waals surface area (Å²) >= 11 is 5.93. The van der Waals surface area contributed by atoms with Gasteiger partial charge < -0.3 is 11.1 Å². The van der Waals surface area contributed by atoms with Crippen LogP contribution in [-0.4, -0.2) is 19.0 Å². The molecule has 1 aromatic rings. The van der Waals surface area contributed by atoms with Gasteiger partial charge in [0.15, 0.2) is 5.96 Å². The Morgan fingerprint density at radius 2 is 2.15 bits per heavy atom. The Bertz CT molecular complexity index is 418. The zero-order valence-electron chi connectivity index (χ0n) is 11.8. The number of guanidine groups is 1. The Balaban J connectivity index is 0.00000361. The minimum absolute atomic E-state index is 0. The van der Waals surface area contributed by atoms with E-state index >= 15 is 0 Å². The normalized spacial score (nSPS) is 11.3. The van der Waals surface area contributed by atoms with E-state index in [4.69, 9.17) is 17.3 Å². The number of nitrogens with zero attached hydrogens (tertiary/aromatic N) is 1. The Hall–Kier alpha value is -0.560. The lowest BCUT2D eigenvalue weighted by Gasteiger charge is -2.08. The first-order valence-electron chi connectivity index (χ1n) is 6.47. The van der Waals surface area contributed by atoms with Gasteiger partial charge >= 0.3 is 0 Å². The van der Waals surface area contributed by atoms with Crippen molar-refractivity contribution in [3.63, 3.8) is 0 Å². The first kappa shape index (κ1) is 19.4. The quantitative estimate of drug-likeness (QED) is 0.425. The van der Waals surface area contributed by atoms with Gasteiger partial charge in [-0.3, -0.25) is 4.99 Å². The van der Waals surface area contributed by atoms with Crippen LogP contribution in [0.5, 0.6) is 0 Å². The fraction of sp³-hybridized carbons (Fsp3) is 0.500. The van der Waals surface area contributed by atoms with E-state index in [1.54, 1.807) is 12.1 Å². The summed E-state index contributed by atoms with van der Waals surface area (Å²) in [4.78, 5) is 4.20. The van der Waals surface area contributed by atoms with Gasteiger partial charge in [0.25, 0.3) is 0 Å². The van der Waals surface area contributed by atoms with Gasteiger partial charge in [-0.05, 0) is 30.9 Å². The molecule has 6 heteroatoms. The monoisotopic (exact) mass is 413 g/mol. The van der Waals surface area contributed by atoms with Crippen LogP contribution in [0, 0.1) is 11.7 Å². The molecule has 0 aromatic heterocycles. The van der Waals surface area contributed by atoms with Gasteiger partial charge in [0.2, 0.25) is 0 Å². The summed E-state index contributed by atoms with van der Waals surface area (Å²) in [6, 6.07) is 4.68. The van der Waals surface area contributed by atoms with Crippen LogP contribution in [0.15, 0.2) is 23.2 Å². The number of rotatable bonds is 6. The largest absolute Gasteiger partial charge is 0.370 e. The van der Waals surface area contributed by atoms with Crippen molar-refractivity contribution in [3.8, 4) is 0 Å². The Kier molecular flexibility index (Phi) is 9.92. The SMILES string of the molecule is CC(C)CCN=C(N)NCCc1c(F)cccc1Cl.I. The molecule has 0 heterocycles. The van der Waals surface area contributed by atoms with E-state index in [1.165, 1.54) is 6.07 Å². The summed E-state index contributed by atoms with van der Waals surface area (Å²) < 4.78 is 13.5. The number of aliphatic imine (C=N–C) groups is 1. The zero-order valence-corrected chi connectivity index (χ0v) is 14.9. The number of hydrogen-bond acceptors (Lipinski definition) is 1. The molecule has 0 aliphatic heterocycles. The third-order valence-corrected chi connectivity index (χ3v) is 3.09. The lowest BCUT2D eigenvalue weighted by atomic mass is 10.1. The lowest BCUT2D eigenvalue weighted by Crippen LogP contribution is -2.33. The van der Waals surface area contributed by atoms with Crippen LogP contribution in [-0.2, 0) is 6.42 Å². The Morgan fingerprint density at radius 3 is 2.75 bits per heavy atom. The van der Waals surface area contributed by atoms with Crippen LogP contribution in [0.2, 0.25) is 5.02 Å². The molecule has 0 radical (unpaired) electrons. The maximum Gasteiger partial charge on any atom is 0.188 e. The molecule has 114 valence electrons. The van der Waals surface area contributed by atoms with Gasteiger partial charge in [0.05, 0.1) is 0 Å². The standard InChI is InChI=1S/C14H21ClFN3.HI/c1-10(2)6-8-18-14(17)19-9-7-11-12(15)4-3-5-13(11)16;/h3-5,10H,6-9H2,1-2H3,(H3,17,18,19);1H. The first-order chi connectivity index (χ1) is 9.00. The summed E-state index contributed by atoms with van der Waals surface area (Å²) in [5.74, 6) is 0.714. The van der Waals surface area contributed by atoms with Crippen molar-refractivity contribution in [3.05, 3.63) is 34.6 Å². The number of nitrogens with one attached hydrogen (secondary N) is 1. The molecule has 3 nitrogen and oxygen atoms in total. The van der Waals surface area contributed by atoms with Crippen LogP contribution in [0.4, 0.5) is 4.39 Å². The fourth-order valence-electron chi connectivity index (χ4n) is 1.59. The molecule has 0 aliphatic rings. The minimum atomic E-state index is -0.287. The Morgan fingerprint density at radius 1 is 1.45 bits per heavy atom. The van der Waals surface area contributed by atoms with E-state index < -0.39 is 0 Å². The summed E-state index contributed by atoms with van der Waals surface area (Å²) in [5, 5.41) is 3.40. The highest BCUT2D eigenvalue weighted by atomic mass is 127. The van der Waals surface area contributed by atoms with E-state index in [1.807, 2.05) is 0 Å². The van der Waals surface area contributed by atoms with Crippen molar-refractivity contribution < 1.29 is 4.39 Å². The highest BCUT2D eigenvalue weighted by molar-refractivity contribution is 14.0. The summed E-state index contributed by atoms with van der Waals surface area (Å²) in [6.07, 6.45) is 1.48. The molecular formula is C14H22ClFIN3. The smallest absolute Gasteiger partial charge is 0.188 e. The summed E-state index contributed by atoms with van der Waals surface area (Å²) in [5.41, 5.74) is 6.22. The molecule has 0 spiro atoms. The molecular weight excluding hydrogens is 392 g/mol. The van der Waals surface area contributed by atoms with Crippen LogP contribution < -0.4 is 11.1 Å². The second kappa shape index (κ2) is 10.2. The van der Waals surface area contributed by atoms with E-state index in [9.17, 15) is 4.39 Å². The average molecular weight is 414 g/mol. The second-order valence-electron chi connectivity index (χ2n) is 4.83. The molecule has 0 unspecified atom stereocenters. The number of hydrogen-bond donors (Lipinski definition) is 2. The van der Waals surface area contributed by atoms with Gasteiger partial charge in [-0.2, -0.15) is 0 Å². The van der Waals surface area contributed by atoms with E-state index in [-0.39, 0.29) is 29.8 Å². The van der Waals surface area contributed by atoms with Crippen molar-refractivity contribution in [2.24, 2.45) is 16.6 Å². The fourth-order valence-corrected chi connectivity index (χ4v) is 1.84. The summed E-state index contributed by atoms with van der Waals surface area (Å²) in [7, 11) is 0. The molecule has 0 saturated heterocycles. The highest BCUT2D eigenvalue weighted by Crippen LogP contribution is 2.18. The number of benzene rings is 1. The molecule has 0 saturated carbocycles. The molecule has 0 bridgehead atoms. The van der Waals surface area contributed by atoms with Gasteiger partial charge in [-0.25, -0.2) is 4.39 Å². The summed E-state index contributed by atoms with van der Waals surface area (Å²) in [6.45, 7) is 5.49. The van der Waals surface area contributed by atoms with Crippen LogP contribution in [0.3, 0.4) is 0 Å². The lowest BCUT2D eigenvalue weighted by molar-refractivity contribution is 0.595. The van der Waals surface area contributed by atoms with Crippen molar-refractivity contribution >= 4 is 41.5 Å². The highest BCUT2D eigenvalue weighted by Gasteiger charge is 2.06. The van der Waals surface area contributed by atoms with E-state index in [2.05, 4.69) is 24.2 Å².